The molecule has 0 aliphatic carbocycles. The van der Waals surface area contributed by atoms with E-state index in [9.17, 15) is 14.7 Å². The number of rotatable bonds is 6. The standard InChI is InChI=1S/C47H63NO13/c1-24-16-30-10-12-34-25(2)17-32(54-34)14-15-47-22-39-42(60-47)43-44(59-39)45(61-47)41-35(58-43)13-11-31(56-41)18-28(49)19-33-37(21-36(55-30)26(24)3)57-38(40(33)52-4)20-29(50)23-53-46(51)48-27-8-6-5-7-9-27/h5-9,24,29-45,50H,2-3,10-23H2,1,4H3,(H,48,51)/t24-,29+,30+,31-,32+,33+,34+,35+,36-,37+,38-,39+,40-,41+,42+,43?,44-,45+,47+/m1/s1. The maximum atomic E-state index is 14.3. The summed E-state index contributed by atoms with van der Waals surface area (Å²) in [4.78, 5) is 26.8. The SMILES string of the molecule is C=C1C[C@@H]2CC[C@@]34C[C@@H]5O[C@@H]6C(O[C@H]7CC[C@H](CC(=O)C[C@@H]8[C@@H](OC)[C@@H](C[C@H](O)COC(=O)Nc9ccccc9)O[C@H]8C[C@H]8O[C@@H](CC[C@@H]1O2)C[C@@H](C)C8=C)O[C@@H]7[C@@H]6O3)[C@H]5O4. The highest BCUT2D eigenvalue weighted by Gasteiger charge is 2.68. The molecule has 10 aliphatic heterocycles. The number of nitrogens with one attached hydrogen (secondary N) is 1. The molecule has 12 bridgehead atoms. The number of Topliss-reactive ketones (excluding diaryl/α,β-unsaturated/α-hetero) is 1. The van der Waals surface area contributed by atoms with Gasteiger partial charge in [-0.2, -0.15) is 0 Å². The normalized spacial score (nSPS) is 46.1. The Hall–Kier alpha value is -2.76. The first kappa shape index (κ1) is 42.2. The van der Waals surface area contributed by atoms with E-state index in [0.29, 0.717) is 31.4 Å². The molecule has 10 saturated heterocycles. The van der Waals surface area contributed by atoms with Gasteiger partial charge in [0.15, 0.2) is 5.79 Å². The van der Waals surface area contributed by atoms with Gasteiger partial charge >= 0.3 is 6.09 Å². The number of aliphatic hydroxyl groups is 1. The molecule has 0 saturated carbocycles. The van der Waals surface area contributed by atoms with Gasteiger partial charge in [-0.1, -0.05) is 38.3 Å². The molecule has 19 atom stereocenters. The summed E-state index contributed by atoms with van der Waals surface area (Å²) in [5.41, 5.74) is 2.72. The maximum absolute atomic E-state index is 14.3. The van der Waals surface area contributed by atoms with Crippen LogP contribution in [-0.2, 0) is 52.2 Å². The van der Waals surface area contributed by atoms with Crippen LogP contribution in [0, 0.1) is 11.8 Å². The quantitative estimate of drug-likeness (QED) is 0.335. The molecule has 10 aliphatic rings. The average Bonchev–Trinajstić information content (AvgIpc) is 3.92. The Balaban J connectivity index is 0.879. The number of ketones is 1. The van der Waals surface area contributed by atoms with Crippen molar-refractivity contribution in [3.05, 3.63) is 54.6 Å². The summed E-state index contributed by atoms with van der Waals surface area (Å²) in [6.07, 6.45) is 2.32. The van der Waals surface area contributed by atoms with Crippen molar-refractivity contribution in [3.63, 3.8) is 0 Å². The minimum Gasteiger partial charge on any atom is -0.447 e. The smallest absolute Gasteiger partial charge is 0.411 e. The Labute approximate surface area is 358 Å². The zero-order valence-electron chi connectivity index (χ0n) is 35.4. The van der Waals surface area contributed by atoms with Crippen LogP contribution in [0.5, 0.6) is 0 Å². The number of hydrogen-bond acceptors (Lipinski definition) is 13. The van der Waals surface area contributed by atoms with Gasteiger partial charge < -0.3 is 52.5 Å². The number of carbonyl (C=O) groups excluding carboxylic acids is 2. The Morgan fingerprint density at radius 3 is 2.41 bits per heavy atom. The summed E-state index contributed by atoms with van der Waals surface area (Å²) in [5.74, 6) is -0.865. The third kappa shape index (κ3) is 8.51. The van der Waals surface area contributed by atoms with E-state index < -0.39 is 42.4 Å². The number of anilines is 1. The molecule has 0 radical (unpaired) electrons. The van der Waals surface area contributed by atoms with E-state index >= 15 is 0 Å². The van der Waals surface area contributed by atoms with E-state index in [0.717, 1.165) is 49.7 Å². The summed E-state index contributed by atoms with van der Waals surface area (Å²) in [5, 5.41) is 13.8. The van der Waals surface area contributed by atoms with E-state index in [1.807, 2.05) is 18.2 Å². The zero-order valence-corrected chi connectivity index (χ0v) is 35.4. The van der Waals surface area contributed by atoms with Crippen LogP contribution in [0.4, 0.5) is 10.5 Å². The van der Waals surface area contributed by atoms with Gasteiger partial charge in [0.1, 0.15) is 42.9 Å². The van der Waals surface area contributed by atoms with Gasteiger partial charge in [-0.3, -0.25) is 10.1 Å². The first-order chi connectivity index (χ1) is 29.5. The van der Waals surface area contributed by atoms with Crippen LogP contribution in [0.3, 0.4) is 0 Å². The van der Waals surface area contributed by atoms with Gasteiger partial charge in [-0.05, 0) is 74.1 Å². The second kappa shape index (κ2) is 17.3. The van der Waals surface area contributed by atoms with Crippen molar-refractivity contribution < 1.29 is 62.1 Å². The Kier molecular flexibility index (Phi) is 12.0. The molecule has 14 nitrogen and oxygen atoms in total. The number of methoxy groups -OCH3 is 1. The molecule has 11 rings (SSSR count). The highest BCUT2D eigenvalue weighted by molar-refractivity contribution is 5.84. The van der Waals surface area contributed by atoms with Crippen LogP contribution in [0.25, 0.3) is 0 Å². The highest BCUT2D eigenvalue weighted by Crippen LogP contribution is 2.54. The van der Waals surface area contributed by atoms with E-state index in [4.69, 9.17) is 47.4 Å². The zero-order chi connectivity index (χ0) is 42.0. The summed E-state index contributed by atoms with van der Waals surface area (Å²) in [6, 6.07) is 8.98. The number of aliphatic hydroxyl groups excluding tert-OH is 1. The van der Waals surface area contributed by atoms with Crippen LogP contribution in [0.2, 0.25) is 0 Å². The number of fused-ring (bicyclic) bond motifs is 6. The predicted molar refractivity (Wildman–Crippen MR) is 219 cm³/mol. The summed E-state index contributed by atoms with van der Waals surface area (Å²) in [7, 11) is 1.62. The van der Waals surface area contributed by atoms with Gasteiger partial charge in [-0.25, -0.2) is 4.79 Å². The van der Waals surface area contributed by atoms with Gasteiger partial charge in [-0.15, -0.1) is 0 Å². The van der Waals surface area contributed by atoms with Crippen molar-refractivity contribution in [2.45, 2.75) is 194 Å². The summed E-state index contributed by atoms with van der Waals surface area (Å²) >= 11 is 0. The fourth-order valence-corrected chi connectivity index (χ4v) is 12.1. The Morgan fingerprint density at radius 2 is 1.57 bits per heavy atom. The molecule has 14 heteroatoms. The van der Waals surface area contributed by atoms with E-state index in [1.54, 1.807) is 19.2 Å². The first-order valence-electron chi connectivity index (χ1n) is 22.9. The monoisotopic (exact) mass is 849 g/mol. The number of carbonyl (C=O) groups is 2. The van der Waals surface area contributed by atoms with Crippen molar-refractivity contribution in [3.8, 4) is 0 Å². The fourth-order valence-electron chi connectivity index (χ4n) is 12.1. The molecule has 0 aromatic heterocycles. The summed E-state index contributed by atoms with van der Waals surface area (Å²) in [6.45, 7) is 10.9. The largest absolute Gasteiger partial charge is 0.447 e. The van der Waals surface area contributed by atoms with Crippen LogP contribution in [0.1, 0.15) is 90.4 Å². The molecule has 1 aromatic carbocycles. The van der Waals surface area contributed by atoms with E-state index in [1.165, 1.54) is 0 Å². The third-order valence-corrected chi connectivity index (χ3v) is 15.1. The minimum atomic E-state index is -1.03. The minimum absolute atomic E-state index is 0.00861. The lowest BCUT2D eigenvalue weighted by atomic mass is 9.81. The molecule has 1 unspecified atom stereocenters. The number of para-hydroxylation sites is 1. The van der Waals surface area contributed by atoms with Gasteiger partial charge in [0, 0.05) is 57.2 Å². The highest BCUT2D eigenvalue weighted by atomic mass is 16.8. The number of amides is 1. The van der Waals surface area contributed by atoms with Crippen molar-refractivity contribution in [1.82, 2.24) is 0 Å². The molecule has 1 amide bonds. The number of hydrogen-bond donors (Lipinski definition) is 2. The van der Waals surface area contributed by atoms with Crippen LogP contribution < -0.4 is 5.32 Å². The summed E-state index contributed by atoms with van der Waals surface area (Å²) < 4.78 is 65.8. The van der Waals surface area contributed by atoms with Crippen LogP contribution >= 0.6 is 0 Å². The third-order valence-electron chi connectivity index (χ3n) is 15.1. The second-order valence-electron chi connectivity index (χ2n) is 19.3. The van der Waals surface area contributed by atoms with Crippen molar-refractivity contribution >= 4 is 17.6 Å². The lowest BCUT2D eigenvalue weighted by Gasteiger charge is -2.47. The van der Waals surface area contributed by atoms with Crippen LogP contribution in [0.15, 0.2) is 54.6 Å². The Morgan fingerprint density at radius 1 is 0.820 bits per heavy atom. The first-order valence-corrected chi connectivity index (χ1v) is 22.9. The van der Waals surface area contributed by atoms with Gasteiger partial charge in [0.05, 0.1) is 67.1 Å². The van der Waals surface area contributed by atoms with E-state index in [-0.39, 0.29) is 111 Å². The molecule has 10 heterocycles. The van der Waals surface area contributed by atoms with Crippen molar-refractivity contribution in [2.24, 2.45) is 11.8 Å². The predicted octanol–water partition coefficient (Wildman–Crippen LogP) is 5.73. The van der Waals surface area contributed by atoms with Crippen molar-refractivity contribution in [1.29, 1.82) is 0 Å². The average molecular weight is 850 g/mol. The molecular weight excluding hydrogens is 787 g/mol. The fraction of sp³-hybridized carbons (Fsp3) is 0.745. The lowest BCUT2D eigenvalue weighted by Crippen LogP contribution is -2.61. The van der Waals surface area contributed by atoms with Gasteiger partial charge in [0.25, 0.3) is 0 Å². The van der Waals surface area contributed by atoms with Crippen LogP contribution in [-0.4, -0.2) is 134 Å². The molecule has 61 heavy (non-hydrogen) atoms. The number of ether oxygens (including phenoxy) is 10. The molecule has 334 valence electrons. The lowest BCUT2D eigenvalue weighted by molar-refractivity contribution is -0.292. The molecule has 1 spiro atoms. The van der Waals surface area contributed by atoms with Crippen molar-refractivity contribution in [2.75, 3.05) is 19.0 Å². The van der Waals surface area contributed by atoms with Gasteiger partial charge in [0.2, 0.25) is 0 Å². The topological polar surface area (TPSA) is 159 Å². The molecule has 1 aromatic rings. The molecule has 10 fully saturated rings. The maximum Gasteiger partial charge on any atom is 0.411 e. The molecule has 2 N–H and O–H groups in total. The van der Waals surface area contributed by atoms with E-state index in [2.05, 4.69) is 25.4 Å². The second-order valence-corrected chi connectivity index (χ2v) is 19.3. The molecular formula is C47H63NO13. The Bertz CT molecular complexity index is 1800. The number of benzene rings is 1.